The molecule has 2 aromatic rings. The van der Waals surface area contributed by atoms with Gasteiger partial charge in [0.25, 0.3) is 0 Å². The molecule has 1 aromatic carbocycles. The van der Waals surface area contributed by atoms with E-state index in [9.17, 15) is 0 Å². The molecule has 152 valence electrons. The van der Waals surface area contributed by atoms with Crippen molar-refractivity contribution in [2.24, 2.45) is 4.99 Å². The lowest BCUT2D eigenvalue weighted by Gasteiger charge is -2.33. The molecule has 7 heteroatoms. The Kier molecular flexibility index (Phi) is 5.18. The first-order chi connectivity index (χ1) is 14.3. The molecule has 1 aromatic heterocycles. The topological polar surface area (TPSA) is 41.0 Å². The normalized spacial score (nSPS) is 26.6. The number of halogens is 1. The van der Waals surface area contributed by atoms with Gasteiger partial charge in [-0.05, 0) is 36.2 Å². The van der Waals surface area contributed by atoms with Gasteiger partial charge in [-0.3, -0.25) is 9.98 Å². The minimum atomic E-state index is -0.169. The van der Waals surface area contributed by atoms with Crippen molar-refractivity contribution in [3.05, 3.63) is 59.7 Å². The number of aromatic nitrogens is 1. The SMILES string of the molecule is CC[C@@H]1CSC2=N[C@@H](c3ccccn3)[C@@H](c3ccc(N4CCOCC4)c(F)c3)N21. The maximum Gasteiger partial charge on any atom is 0.160 e. The Bertz CT molecular complexity index is 903. The molecule has 3 atom stereocenters. The molecule has 0 N–H and O–H groups in total. The van der Waals surface area contributed by atoms with Crippen LogP contribution in [0.15, 0.2) is 47.6 Å². The minimum absolute atomic E-state index is 0.0203. The van der Waals surface area contributed by atoms with E-state index in [4.69, 9.17) is 9.73 Å². The molecule has 5 nitrogen and oxygen atoms in total. The summed E-state index contributed by atoms with van der Waals surface area (Å²) in [5.41, 5.74) is 2.57. The van der Waals surface area contributed by atoms with E-state index in [1.165, 1.54) is 0 Å². The zero-order valence-corrected chi connectivity index (χ0v) is 17.3. The highest BCUT2D eigenvalue weighted by molar-refractivity contribution is 8.14. The van der Waals surface area contributed by atoms with Gasteiger partial charge in [0.15, 0.2) is 5.17 Å². The predicted molar refractivity (Wildman–Crippen MR) is 115 cm³/mol. The van der Waals surface area contributed by atoms with Gasteiger partial charge in [0.1, 0.15) is 11.9 Å². The fourth-order valence-corrected chi connectivity index (χ4v) is 5.82. The van der Waals surface area contributed by atoms with Gasteiger partial charge in [0.2, 0.25) is 0 Å². The summed E-state index contributed by atoms with van der Waals surface area (Å²) in [6.07, 6.45) is 2.86. The number of thioether (sulfide) groups is 1. The van der Waals surface area contributed by atoms with Crippen molar-refractivity contribution in [2.45, 2.75) is 31.5 Å². The zero-order chi connectivity index (χ0) is 19.8. The molecule has 2 saturated heterocycles. The quantitative estimate of drug-likeness (QED) is 0.758. The molecule has 2 fully saturated rings. The second-order valence-electron chi connectivity index (χ2n) is 7.65. The van der Waals surface area contributed by atoms with E-state index in [1.54, 1.807) is 17.8 Å². The molecule has 0 amide bonds. The van der Waals surface area contributed by atoms with Crippen LogP contribution in [0.3, 0.4) is 0 Å². The number of amidine groups is 1. The van der Waals surface area contributed by atoms with Crippen LogP contribution in [0.1, 0.15) is 36.7 Å². The van der Waals surface area contributed by atoms with Gasteiger partial charge in [0.05, 0.1) is 30.6 Å². The van der Waals surface area contributed by atoms with Crippen LogP contribution in [0.2, 0.25) is 0 Å². The van der Waals surface area contributed by atoms with Crippen molar-refractivity contribution in [3.8, 4) is 0 Å². The molecule has 3 aliphatic heterocycles. The molecule has 0 aliphatic carbocycles. The second-order valence-corrected chi connectivity index (χ2v) is 8.63. The highest BCUT2D eigenvalue weighted by Crippen LogP contribution is 2.48. The van der Waals surface area contributed by atoms with Gasteiger partial charge >= 0.3 is 0 Å². The Balaban J connectivity index is 1.52. The number of ether oxygens (including phenoxy) is 1. The molecule has 4 heterocycles. The smallest absolute Gasteiger partial charge is 0.160 e. The number of morpholine rings is 1. The lowest BCUT2D eigenvalue weighted by atomic mass is 9.94. The monoisotopic (exact) mass is 412 g/mol. The maximum absolute atomic E-state index is 15.2. The van der Waals surface area contributed by atoms with Gasteiger partial charge in [0, 0.05) is 31.1 Å². The number of hydrogen-bond donors (Lipinski definition) is 0. The average molecular weight is 413 g/mol. The van der Waals surface area contributed by atoms with Crippen molar-refractivity contribution in [1.29, 1.82) is 0 Å². The first kappa shape index (κ1) is 18.9. The van der Waals surface area contributed by atoms with E-state index in [-0.39, 0.29) is 17.9 Å². The van der Waals surface area contributed by atoms with Crippen LogP contribution in [0, 0.1) is 5.82 Å². The molecular formula is C22H25FN4OS. The Morgan fingerprint density at radius 1 is 1.21 bits per heavy atom. The Hall–Kier alpha value is -2.12. The van der Waals surface area contributed by atoms with Crippen molar-refractivity contribution < 1.29 is 9.13 Å². The summed E-state index contributed by atoms with van der Waals surface area (Å²) < 4.78 is 20.6. The van der Waals surface area contributed by atoms with Gasteiger partial charge in [-0.15, -0.1) is 0 Å². The van der Waals surface area contributed by atoms with Gasteiger partial charge in [-0.2, -0.15) is 0 Å². The highest BCUT2D eigenvalue weighted by atomic mass is 32.2. The van der Waals surface area contributed by atoms with E-state index in [0.717, 1.165) is 41.7 Å². The van der Waals surface area contributed by atoms with Crippen LogP contribution in [-0.4, -0.2) is 53.1 Å². The van der Waals surface area contributed by atoms with Crippen molar-refractivity contribution >= 4 is 22.6 Å². The van der Waals surface area contributed by atoms with Crippen LogP contribution in [0.25, 0.3) is 0 Å². The van der Waals surface area contributed by atoms with Crippen molar-refractivity contribution in [3.63, 3.8) is 0 Å². The van der Waals surface area contributed by atoms with Crippen LogP contribution < -0.4 is 4.90 Å². The highest BCUT2D eigenvalue weighted by Gasteiger charge is 2.45. The zero-order valence-electron chi connectivity index (χ0n) is 16.5. The molecule has 0 spiro atoms. The Morgan fingerprint density at radius 2 is 2.07 bits per heavy atom. The van der Waals surface area contributed by atoms with Crippen LogP contribution in [0.5, 0.6) is 0 Å². The summed E-state index contributed by atoms with van der Waals surface area (Å²) in [6.45, 7) is 4.95. The van der Waals surface area contributed by atoms with Crippen molar-refractivity contribution in [1.82, 2.24) is 9.88 Å². The van der Waals surface area contributed by atoms with Crippen LogP contribution in [-0.2, 0) is 4.74 Å². The number of aliphatic imine (C=N–C) groups is 1. The molecule has 29 heavy (non-hydrogen) atoms. The molecule has 0 bridgehead atoms. The maximum atomic E-state index is 15.2. The summed E-state index contributed by atoms with van der Waals surface area (Å²) in [5, 5.41) is 1.06. The number of benzene rings is 1. The second kappa shape index (κ2) is 7.95. The molecule has 0 radical (unpaired) electrons. The van der Waals surface area contributed by atoms with Gasteiger partial charge < -0.3 is 14.5 Å². The molecule has 0 unspecified atom stereocenters. The number of hydrogen-bond acceptors (Lipinski definition) is 6. The summed E-state index contributed by atoms with van der Waals surface area (Å²) in [5.74, 6) is 0.868. The van der Waals surface area contributed by atoms with Crippen LogP contribution >= 0.6 is 11.8 Å². The third-order valence-electron chi connectivity index (χ3n) is 5.99. The van der Waals surface area contributed by atoms with E-state index in [0.29, 0.717) is 24.9 Å². The number of rotatable bonds is 4. The molecular weight excluding hydrogens is 387 g/mol. The fraction of sp³-hybridized carbons (Fsp3) is 0.455. The number of pyridine rings is 1. The van der Waals surface area contributed by atoms with Gasteiger partial charge in [-0.25, -0.2) is 4.39 Å². The average Bonchev–Trinajstić information content (AvgIpc) is 3.34. The molecule has 0 saturated carbocycles. The first-order valence-corrected chi connectivity index (χ1v) is 11.3. The van der Waals surface area contributed by atoms with Crippen LogP contribution in [0.4, 0.5) is 10.1 Å². The molecule has 5 rings (SSSR count). The van der Waals surface area contributed by atoms with E-state index in [2.05, 4.69) is 27.8 Å². The number of anilines is 1. The van der Waals surface area contributed by atoms with E-state index < -0.39 is 0 Å². The summed E-state index contributed by atoms with van der Waals surface area (Å²) >= 11 is 1.80. The number of fused-ring (bicyclic) bond motifs is 1. The molecule has 3 aliphatic rings. The largest absolute Gasteiger partial charge is 0.378 e. The summed E-state index contributed by atoms with van der Waals surface area (Å²) in [4.78, 5) is 14.0. The van der Waals surface area contributed by atoms with Crippen molar-refractivity contribution in [2.75, 3.05) is 37.0 Å². The standard InChI is InChI=1S/C22H25FN4OS/c1-2-16-14-29-22-25-20(18-5-3-4-8-24-18)21(27(16)22)15-6-7-19(17(23)13-15)26-9-11-28-12-10-26/h3-8,13,16,20-21H,2,9-12,14H2,1H3/t16-,20+,21-/m1/s1. The Morgan fingerprint density at radius 3 is 2.79 bits per heavy atom. The lowest BCUT2D eigenvalue weighted by molar-refractivity contribution is 0.122. The number of nitrogens with zero attached hydrogens (tertiary/aromatic N) is 4. The van der Waals surface area contributed by atoms with E-state index >= 15 is 4.39 Å². The summed E-state index contributed by atoms with van der Waals surface area (Å²) in [7, 11) is 0. The lowest BCUT2D eigenvalue weighted by Crippen LogP contribution is -2.37. The van der Waals surface area contributed by atoms with E-state index in [1.807, 2.05) is 30.5 Å². The summed E-state index contributed by atoms with van der Waals surface area (Å²) in [6, 6.07) is 11.9. The van der Waals surface area contributed by atoms with Gasteiger partial charge in [-0.1, -0.05) is 30.8 Å². The Labute approximate surface area is 175 Å². The third kappa shape index (κ3) is 3.40. The fourth-order valence-electron chi connectivity index (χ4n) is 4.48. The third-order valence-corrected chi connectivity index (χ3v) is 7.12. The minimum Gasteiger partial charge on any atom is -0.378 e. The first-order valence-electron chi connectivity index (χ1n) is 10.3. The predicted octanol–water partition coefficient (Wildman–Crippen LogP) is 4.04.